The molecule has 0 fully saturated rings. The molecule has 0 saturated heterocycles. The van der Waals surface area contributed by atoms with Gasteiger partial charge in [0.05, 0.1) is 38.0 Å². The zero-order chi connectivity index (χ0) is 28.1. The molecule has 0 radical (unpaired) electrons. The Balaban J connectivity index is 1.27. The molecule has 0 aliphatic rings. The molecule has 204 valence electrons. The summed E-state index contributed by atoms with van der Waals surface area (Å²) in [6.07, 6.45) is 7.30. The van der Waals surface area contributed by atoms with Crippen molar-refractivity contribution in [2.75, 3.05) is 6.61 Å². The van der Waals surface area contributed by atoms with Gasteiger partial charge in [-0.1, -0.05) is 91.0 Å². The number of hydrogen-bond donors (Lipinski definition) is 0. The number of esters is 1. The smallest absolute Gasteiger partial charge is 0.356 e. The third-order valence-electron chi connectivity index (χ3n) is 7.18. The van der Waals surface area contributed by atoms with Gasteiger partial charge in [0.25, 0.3) is 0 Å². The zero-order valence-corrected chi connectivity index (χ0v) is 22.8. The quantitative estimate of drug-likeness (QED) is 0.151. The Morgan fingerprint density at radius 1 is 0.805 bits per heavy atom. The lowest BCUT2D eigenvalue weighted by molar-refractivity contribution is 0.0518. The zero-order valence-electron chi connectivity index (χ0n) is 22.8. The molecule has 0 N–H and O–H groups in total. The van der Waals surface area contributed by atoms with E-state index in [1.165, 1.54) is 6.20 Å². The van der Waals surface area contributed by atoms with Crippen molar-refractivity contribution in [1.29, 1.82) is 0 Å². The third-order valence-corrected chi connectivity index (χ3v) is 7.18. The molecule has 7 nitrogen and oxygen atoms in total. The molecule has 0 aliphatic carbocycles. The highest BCUT2D eigenvalue weighted by atomic mass is 16.5. The Morgan fingerprint density at radius 3 is 2.00 bits per heavy atom. The van der Waals surface area contributed by atoms with Crippen molar-refractivity contribution >= 4 is 11.6 Å². The summed E-state index contributed by atoms with van der Waals surface area (Å²) in [7, 11) is 0. The topological polar surface area (TPSA) is 70.7 Å². The molecule has 41 heavy (non-hydrogen) atoms. The van der Waals surface area contributed by atoms with Crippen LogP contribution in [0.3, 0.4) is 0 Å². The minimum atomic E-state index is -0.614. The number of fused-ring (bicyclic) bond motifs is 1. The minimum absolute atomic E-state index is 0.316. The van der Waals surface area contributed by atoms with Crippen LogP contribution in [0.15, 0.2) is 128 Å². The number of benzene rings is 3. The SMILES string of the molecule is CCOC(=O)c1cnc2cc(COCc3cn(C(c4ccccc4)(c4ccccc4)c4ccccc4)cn3)ccn12. The number of carbonyl (C=O) groups is 1. The van der Waals surface area contributed by atoms with Crippen molar-refractivity contribution in [3.8, 4) is 0 Å². The number of nitrogens with zero attached hydrogens (tertiary/aromatic N) is 4. The second kappa shape index (κ2) is 11.6. The average Bonchev–Trinajstić information content (AvgIpc) is 3.67. The first-order chi connectivity index (χ1) is 20.2. The van der Waals surface area contributed by atoms with Crippen molar-refractivity contribution in [2.45, 2.75) is 25.7 Å². The largest absolute Gasteiger partial charge is 0.461 e. The molecule has 0 atom stereocenters. The molecule has 0 spiro atoms. The lowest BCUT2D eigenvalue weighted by Crippen LogP contribution is -2.36. The van der Waals surface area contributed by atoms with E-state index in [0.29, 0.717) is 31.2 Å². The molecule has 0 aliphatic heterocycles. The molecule has 0 saturated carbocycles. The Labute approximate surface area is 238 Å². The standard InChI is InChI=1S/C34H30N4O3/c1-2-41-33(39)31-21-35-32-20-26(18-19-38(31)32)23-40-24-30-22-37(25-36-30)34(27-12-6-3-7-13-27,28-14-8-4-9-15-28)29-16-10-5-11-17-29/h3-22,25H,2,23-24H2,1H3. The molecular weight excluding hydrogens is 512 g/mol. The van der Waals surface area contributed by atoms with E-state index >= 15 is 0 Å². The molecule has 3 aromatic carbocycles. The highest BCUT2D eigenvalue weighted by Gasteiger charge is 2.38. The fourth-order valence-corrected chi connectivity index (χ4v) is 5.35. The molecule has 7 heteroatoms. The Kier molecular flexibility index (Phi) is 7.43. The Morgan fingerprint density at radius 2 is 1.41 bits per heavy atom. The predicted molar refractivity (Wildman–Crippen MR) is 156 cm³/mol. The van der Waals surface area contributed by atoms with Gasteiger partial charge in [-0.3, -0.25) is 4.40 Å². The van der Waals surface area contributed by atoms with E-state index in [1.54, 1.807) is 11.3 Å². The van der Waals surface area contributed by atoms with Crippen molar-refractivity contribution in [1.82, 2.24) is 18.9 Å². The van der Waals surface area contributed by atoms with Crippen LogP contribution in [0.2, 0.25) is 0 Å². The summed E-state index contributed by atoms with van der Waals surface area (Å²) in [6, 6.07) is 35.3. The van der Waals surface area contributed by atoms with Gasteiger partial charge in [-0.25, -0.2) is 14.8 Å². The van der Waals surface area contributed by atoms with Crippen LogP contribution in [0.4, 0.5) is 0 Å². The summed E-state index contributed by atoms with van der Waals surface area (Å²) in [5.74, 6) is -0.392. The van der Waals surface area contributed by atoms with Crippen LogP contribution in [-0.4, -0.2) is 31.5 Å². The summed E-state index contributed by atoms with van der Waals surface area (Å²) >= 11 is 0. The first-order valence-corrected chi connectivity index (χ1v) is 13.6. The van der Waals surface area contributed by atoms with Gasteiger partial charge in [-0.05, 0) is 41.3 Å². The molecule has 0 amide bonds. The maximum Gasteiger partial charge on any atom is 0.356 e. The number of aromatic nitrogens is 4. The van der Waals surface area contributed by atoms with Crippen LogP contribution < -0.4 is 0 Å². The third kappa shape index (κ3) is 5.03. The van der Waals surface area contributed by atoms with Crippen LogP contribution in [0, 0.1) is 0 Å². The van der Waals surface area contributed by atoms with Crippen LogP contribution >= 0.6 is 0 Å². The van der Waals surface area contributed by atoms with Gasteiger partial charge >= 0.3 is 5.97 Å². The lowest BCUT2D eigenvalue weighted by atomic mass is 9.77. The number of hydrogen-bond acceptors (Lipinski definition) is 5. The minimum Gasteiger partial charge on any atom is -0.461 e. The number of rotatable bonds is 10. The van der Waals surface area contributed by atoms with Crippen LogP contribution in [0.25, 0.3) is 5.65 Å². The second-order valence-corrected chi connectivity index (χ2v) is 9.70. The van der Waals surface area contributed by atoms with Gasteiger partial charge in [-0.15, -0.1) is 0 Å². The van der Waals surface area contributed by atoms with E-state index in [9.17, 15) is 4.79 Å². The van der Waals surface area contributed by atoms with Crippen LogP contribution in [0.5, 0.6) is 0 Å². The molecule has 0 bridgehead atoms. The van der Waals surface area contributed by atoms with Gasteiger partial charge in [0, 0.05) is 12.4 Å². The molecular formula is C34H30N4O3. The van der Waals surface area contributed by atoms with Crippen LogP contribution in [0.1, 0.15) is 45.4 Å². The first-order valence-electron chi connectivity index (χ1n) is 13.6. The summed E-state index contributed by atoms with van der Waals surface area (Å²) < 4.78 is 15.1. The van der Waals surface area contributed by atoms with Crippen LogP contribution in [-0.2, 0) is 28.2 Å². The molecule has 0 unspecified atom stereocenters. The fourth-order valence-electron chi connectivity index (χ4n) is 5.35. The highest BCUT2D eigenvalue weighted by molar-refractivity contribution is 5.88. The van der Waals surface area contributed by atoms with E-state index in [4.69, 9.17) is 14.5 Å². The Bertz CT molecular complexity index is 1650. The van der Waals surface area contributed by atoms with E-state index in [1.807, 2.05) is 42.9 Å². The van der Waals surface area contributed by atoms with E-state index in [2.05, 4.69) is 88.5 Å². The lowest BCUT2D eigenvalue weighted by Gasteiger charge is -2.37. The summed E-state index contributed by atoms with van der Waals surface area (Å²) in [6.45, 7) is 2.82. The first kappa shape index (κ1) is 26.2. The fraction of sp³-hybridized carbons (Fsp3) is 0.147. The van der Waals surface area contributed by atoms with Gasteiger partial charge in [0.1, 0.15) is 11.2 Å². The average molecular weight is 543 g/mol. The molecule has 6 aromatic rings. The maximum absolute atomic E-state index is 12.2. The molecule has 6 rings (SSSR count). The van der Waals surface area contributed by atoms with Gasteiger partial charge in [0.2, 0.25) is 0 Å². The monoisotopic (exact) mass is 542 g/mol. The van der Waals surface area contributed by atoms with Gasteiger partial charge in [-0.2, -0.15) is 0 Å². The van der Waals surface area contributed by atoms with E-state index in [-0.39, 0.29) is 0 Å². The van der Waals surface area contributed by atoms with Crippen molar-refractivity contribution in [3.05, 3.63) is 162 Å². The second-order valence-electron chi connectivity index (χ2n) is 9.70. The predicted octanol–water partition coefficient (Wildman–Crippen LogP) is 6.26. The highest BCUT2D eigenvalue weighted by Crippen LogP contribution is 2.40. The number of carbonyl (C=O) groups excluding carboxylic acids is 1. The normalized spacial score (nSPS) is 11.5. The van der Waals surface area contributed by atoms with E-state index in [0.717, 1.165) is 27.9 Å². The Hall–Kier alpha value is -5.01. The number of pyridine rings is 1. The van der Waals surface area contributed by atoms with E-state index < -0.39 is 11.5 Å². The maximum atomic E-state index is 12.2. The number of ether oxygens (including phenoxy) is 2. The van der Waals surface area contributed by atoms with Crippen molar-refractivity contribution < 1.29 is 14.3 Å². The van der Waals surface area contributed by atoms with Gasteiger partial charge < -0.3 is 14.0 Å². The molecule has 3 aromatic heterocycles. The summed E-state index contributed by atoms with van der Waals surface area (Å²) in [5, 5.41) is 0. The summed E-state index contributed by atoms with van der Waals surface area (Å²) in [5.41, 5.74) is 5.63. The van der Waals surface area contributed by atoms with Crippen molar-refractivity contribution in [2.24, 2.45) is 0 Å². The van der Waals surface area contributed by atoms with Crippen molar-refractivity contribution in [3.63, 3.8) is 0 Å². The summed E-state index contributed by atoms with van der Waals surface area (Å²) in [4.78, 5) is 21.3. The van der Waals surface area contributed by atoms with Gasteiger partial charge in [0.15, 0.2) is 5.69 Å². The molecule has 3 heterocycles. The number of imidazole rings is 2.